The van der Waals surface area contributed by atoms with Gasteiger partial charge in [-0.05, 0) is 0 Å². The van der Waals surface area contributed by atoms with E-state index in [4.69, 9.17) is 0 Å². The summed E-state index contributed by atoms with van der Waals surface area (Å²) in [6.07, 6.45) is 0. The first-order valence-corrected chi connectivity index (χ1v) is 1.79. The molecule has 0 spiro atoms. The van der Waals surface area contributed by atoms with Crippen molar-refractivity contribution in [2.24, 2.45) is 0 Å². The normalized spacial score (nSPS) is 10.0. The van der Waals surface area contributed by atoms with Gasteiger partial charge in [0.15, 0.2) is 0 Å². The molecule has 0 aromatic rings. The lowest BCUT2D eigenvalue weighted by molar-refractivity contribution is -0.849. The van der Waals surface area contributed by atoms with Gasteiger partial charge >= 0.3 is 0 Å². The van der Waals surface area contributed by atoms with E-state index >= 15 is 0 Å². The SMILES string of the molecule is C[N+](C)(C)C.Cl. The van der Waals surface area contributed by atoms with E-state index in [0.717, 1.165) is 4.48 Å². The average molecular weight is 111 g/mol. The van der Waals surface area contributed by atoms with E-state index in [1.165, 1.54) is 0 Å². The van der Waals surface area contributed by atoms with Crippen molar-refractivity contribution in [3.63, 3.8) is 0 Å². The van der Waals surface area contributed by atoms with Crippen LogP contribution >= 0.6 is 12.4 Å². The predicted octanol–water partition coefficient (Wildman–Crippen LogP) is 0.744. The molecule has 0 saturated heterocycles. The molecule has 0 fully saturated rings. The van der Waals surface area contributed by atoms with E-state index in [2.05, 4.69) is 28.2 Å². The first-order chi connectivity index (χ1) is 2.00. The van der Waals surface area contributed by atoms with E-state index in [9.17, 15) is 0 Å². The van der Waals surface area contributed by atoms with Gasteiger partial charge in [-0.3, -0.25) is 0 Å². The monoisotopic (exact) mass is 110 g/mol. The van der Waals surface area contributed by atoms with Crippen LogP contribution in [0.15, 0.2) is 0 Å². The van der Waals surface area contributed by atoms with Crippen LogP contribution in [0.4, 0.5) is 0 Å². The maximum atomic E-state index is 2.12. The van der Waals surface area contributed by atoms with E-state index in [0.29, 0.717) is 0 Å². The van der Waals surface area contributed by atoms with Gasteiger partial charge in [-0.25, -0.2) is 0 Å². The number of quaternary nitrogens is 1. The Morgan fingerprint density at radius 3 is 0.833 bits per heavy atom. The molecule has 0 atom stereocenters. The van der Waals surface area contributed by atoms with Crippen LogP contribution in [0.1, 0.15) is 0 Å². The van der Waals surface area contributed by atoms with Gasteiger partial charge in [-0.15, -0.1) is 12.4 Å². The molecule has 0 aliphatic heterocycles. The molecule has 0 aromatic carbocycles. The lowest BCUT2D eigenvalue weighted by Gasteiger charge is -2.14. The largest absolute Gasteiger partial charge is 0.333 e. The molecule has 0 saturated carbocycles. The van der Waals surface area contributed by atoms with Crippen LogP contribution in [0.3, 0.4) is 0 Å². The minimum absolute atomic E-state index is 0. The Bertz CT molecular complexity index is 23.0. The van der Waals surface area contributed by atoms with E-state index in [1.807, 2.05) is 0 Å². The van der Waals surface area contributed by atoms with Crippen LogP contribution in [-0.2, 0) is 0 Å². The number of nitrogens with zero attached hydrogens (tertiary/aromatic N) is 1. The van der Waals surface area contributed by atoms with Crippen LogP contribution in [-0.4, -0.2) is 32.7 Å². The van der Waals surface area contributed by atoms with E-state index in [-0.39, 0.29) is 12.4 Å². The summed E-state index contributed by atoms with van der Waals surface area (Å²) in [6.45, 7) is 0. The topological polar surface area (TPSA) is 0 Å². The molecule has 0 aliphatic carbocycles. The summed E-state index contributed by atoms with van der Waals surface area (Å²) >= 11 is 0. The molecule has 40 valence electrons. The molecular formula is C4H13ClN+. The second-order valence-electron chi connectivity index (χ2n) is 2.68. The number of halogens is 1. The Hall–Kier alpha value is 0.250. The quantitative estimate of drug-likeness (QED) is 0.404. The highest BCUT2D eigenvalue weighted by Gasteiger charge is 1.88. The third kappa shape index (κ3) is 718. The van der Waals surface area contributed by atoms with Gasteiger partial charge in [0.1, 0.15) is 0 Å². The highest BCUT2D eigenvalue weighted by atomic mass is 35.5. The van der Waals surface area contributed by atoms with Crippen molar-refractivity contribution in [2.45, 2.75) is 0 Å². The minimum atomic E-state index is 0. The third-order valence-corrected chi connectivity index (χ3v) is 0. The third-order valence-electron chi connectivity index (χ3n) is 0. The maximum Gasteiger partial charge on any atom is 0.0675 e. The molecule has 0 unspecified atom stereocenters. The Labute approximate surface area is 46.0 Å². The Morgan fingerprint density at radius 1 is 0.833 bits per heavy atom. The van der Waals surface area contributed by atoms with Crippen molar-refractivity contribution in [3.05, 3.63) is 0 Å². The first kappa shape index (κ1) is 9.54. The zero-order valence-electron chi connectivity index (χ0n) is 4.86. The van der Waals surface area contributed by atoms with Gasteiger partial charge in [-0.1, -0.05) is 0 Å². The van der Waals surface area contributed by atoms with Crippen LogP contribution in [0.2, 0.25) is 0 Å². The number of rotatable bonds is 0. The Kier molecular flexibility index (Phi) is 3.86. The highest BCUT2D eigenvalue weighted by Crippen LogP contribution is 1.73. The van der Waals surface area contributed by atoms with E-state index in [1.54, 1.807) is 0 Å². The van der Waals surface area contributed by atoms with Crippen LogP contribution in [0.5, 0.6) is 0 Å². The minimum Gasteiger partial charge on any atom is -0.333 e. The molecule has 6 heavy (non-hydrogen) atoms. The summed E-state index contributed by atoms with van der Waals surface area (Å²) in [6, 6.07) is 0. The standard InChI is InChI=1S/C4H12N.ClH/c1-5(2,3)4;/h1-4H3;1H/q+1;. The summed E-state index contributed by atoms with van der Waals surface area (Å²) in [4.78, 5) is 0. The molecule has 0 bridgehead atoms. The molecule has 2 heteroatoms. The molecule has 0 aromatic heterocycles. The number of hydrogen-bond donors (Lipinski definition) is 0. The van der Waals surface area contributed by atoms with Crippen LogP contribution in [0, 0.1) is 0 Å². The molecule has 0 radical (unpaired) electrons. The fourth-order valence-corrected chi connectivity index (χ4v) is 0. The molecule has 0 rings (SSSR count). The summed E-state index contributed by atoms with van der Waals surface area (Å²) in [5, 5.41) is 0. The van der Waals surface area contributed by atoms with Crippen molar-refractivity contribution in [2.75, 3.05) is 28.2 Å². The van der Waals surface area contributed by atoms with Crippen molar-refractivity contribution in [1.29, 1.82) is 0 Å². The zero-order chi connectivity index (χ0) is 4.50. The predicted molar refractivity (Wildman–Crippen MR) is 31.2 cm³/mol. The summed E-state index contributed by atoms with van der Waals surface area (Å²) < 4.78 is 1.00. The summed E-state index contributed by atoms with van der Waals surface area (Å²) in [7, 11) is 8.50. The van der Waals surface area contributed by atoms with Gasteiger partial charge < -0.3 is 4.48 Å². The van der Waals surface area contributed by atoms with Gasteiger partial charge in [-0.2, -0.15) is 0 Å². The van der Waals surface area contributed by atoms with Crippen molar-refractivity contribution >= 4 is 12.4 Å². The smallest absolute Gasteiger partial charge is 0.0675 e. The summed E-state index contributed by atoms with van der Waals surface area (Å²) in [5.41, 5.74) is 0. The second-order valence-corrected chi connectivity index (χ2v) is 2.68. The lowest BCUT2D eigenvalue weighted by atomic mass is 10.8. The molecule has 0 heterocycles. The molecule has 0 aliphatic rings. The Balaban J connectivity index is 0. The van der Waals surface area contributed by atoms with Gasteiger partial charge in [0, 0.05) is 0 Å². The van der Waals surface area contributed by atoms with Gasteiger partial charge in [0.2, 0.25) is 0 Å². The van der Waals surface area contributed by atoms with Gasteiger partial charge in [0.25, 0.3) is 0 Å². The van der Waals surface area contributed by atoms with Crippen molar-refractivity contribution in [3.8, 4) is 0 Å². The lowest BCUT2D eigenvalue weighted by Crippen LogP contribution is -2.27. The molecular weight excluding hydrogens is 97.5 g/mol. The fraction of sp³-hybridized carbons (Fsp3) is 1.00. The van der Waals surface area contributed by atoms with Crippen LogP contribution in [0.25, 0.3) is 0 Å². The number of hydrogen-bond acceptors (Lipinski definition) is 0. The second kappa shape index (κ2) is 2.43. The molecule has 0 N–H and O–H groups in total. The van der Waals surface area contributed by atoms with Crippen molar-refractivity contribution in [1.82, 2.24) is 0 Å². The van der Waals surface area contributed by atoms with Crippen LogP contribution < -0.4 is 0 Å². The maximum absolute atomic E-state index is 2.12. The van der Waals surface area contributed by atoms with E-state index < -0.39 is 0 Å². The molecule has 0 amide bonds. The van der Waals surface area contributed by atoms with Crippen molar-refractivity contribution < 1.29 is 4.48 Å². The van der Waals surface area contributed by atoms with Gasteiger partial charge in [0.05, 0.1) is 28.2 Å². The summed E-state index contributed by atoms with van der Waals surface area (Å²) in [5.74, 6) is 0. The first-order valence-electron chi connectivity index (χ1n) is 1.79. The fourth-order valence-electron chi connectivity index (χ4n) is 0. The Morgan fingerprint density at radius 2 is 0.833 bits per heavy atom. The highest BCUT2D eigenvalue weighted by molar-refractivity contribution is 5.85. The molecule has 1 nitrogen and oxygen atoms in total. The zero-order valence-corrected chi connectivity index (χ0v) is 5.67. The average Bonchev–Trinajstić information content (AvgIpc) is 0.722.